The molecule has 1 saturated heterocycles. The number of amides is 1. The van der Waals surface area contributed by atoms with Gasteiger partial charge in [-0.1, -0.05) is 25.0 Å². The van der Waals surface area contributed by atoms with Gasteiger partial charge in [0.15, 0.2) is 5.96 Å². The molecule has 1 aromatic carbocycles. The molecule has 3 rings (SSSR count). The fourth-order valence-corrected chi connectivity index (χ4v) is 5.07. The van der Waals surface area contributed by atoms with E-state index in [-0.39, 0.29) is 40.8 Å². The van der Waals surface area contributed by atoms with Crippen LogP contribution >= 0.6 is 24.0 Å². The zero-order valence-electron chi connectivity index (χ0n) is 19.2. The van der Waals surface area contributed by atoms with Crippen molar-refractivity contribution in [1.29, 1.82) is 0 Å². The Kier molecular flexibility index (Phi) is 10.2. The maximum atomic E-state index is 12.7. The highest BCUT2D eigenvalue weighted by molar-refractivity contribution is 14.0. The van der Waals surface area contributed by atoms with E-state index >= 15 is 0 Å². The standard InChI is InChI=1S/C22H35N5O3S.HI/c1-4-23-22(24-15-17-9-11-20(12-10-17)31(29,30)26(2)3)25-19-13-14-27(16-19)21(28)18-7-5-6-8-18;/h9-12,18-19H,4-8,13-16H2,1-3H3,(H2,23,24,25);1H. The zero-order chi connectivity index (χ0) is 22.4. The van der Waals surface area contributed by atoms with Crippen molar-refractivity contribution in [2.45, 2.75) is 56.5 Å². The Morgan fingerprint density at radius 2 is 1.81 bits per heavy atom. The van der Waals surface area contributed by atoms with Gasteiger partial charge in [0.05, 0.1) is 11.4 Å². The molecule has 1 amide bonds. The number of hydrogen-bond donors (Lipinski definition) is 2. The Morgan fingerprint density at radius 1 is 1.16 bits per heavy atom. The number of rotatable bonds is 7. The molecule has 0 bridgehead atoms. The van der Waals surface area contributed by atoms with E-state index in [4.69, 9.17) is 0 Å². The fraction of sp³-hybridized carbons (Fsp3) is 0.636. The second-order valence-electron chi connectivity index (χ2n) is 8.52. The Bertz CT molecular complexity index is 883. The molecule has 1 aliphatic heterocycles. The highest BCUT2D eigenvalue weighted by Gasteiger charge is 2.32. The van der Waals surface area contributed by atoms with Gasteiger partial charge in [-0.15, -0.1) is 24.0 Å². The molecule has 8 nitrogen and oxygen atoms in total. The number of hydrogen-bond acceptors (Lipinski definition) is 4. The number of nitrogens with one attached hydrogen (secondary N) is 2. The molecule has 1 saturated carbocycles. The summed E-state index contributed by atoms with van der Waals surface area (Å²) < 4.78 is 25.6. The Morgan fingerprint density at radius 3 is 2.41 bits per heavy atom. The number of nitrogens with zero attached hydrogens (tertiary/aromatic N) is 3. The van der Waals surface area contributed by atoms with Gasteiger partial charge in [0.25, 0.3) is 0 Å². The van der Waals surface area contributed by atoms with Gasteiger partial charge in [-0.2, -0.15) is 0 Å². The zero-order valence-corrected chi connectivity index (χ0v) is 22.4. The molecule has 0 aromatic heterocycles. The molecule has 2 N–H and O–H groups in total. The lowest BCUT2D eigenvalue weighted by atomic mass is 10.1. The average Bonchev–Trinajstić information content (AvgIpc) is 3.44. The second-order valence-corrected chi connectivity index (χ2v) is 10.7. The summed E-state index contributed by atoms with van der Waals surface area (Å²) in [5, 5.41) is 6.72. The monoisotopic (exact) mass is 577 g/mol. The van der Waals surface area contributed by atoms with Crippen LogP contribution in [-0.2, 0) is 21.4 Å². The third-order valence-electron chi connectivity index (χ3n) is 6.01. The van der Waals surface area contributed by atoms with Gasteiger partial charge in [-0.05, 0) is 43.9 Å². The first-order valence-electron chi connectivity index (χ1n) is 11.2. The molecule has 1 unspecified atom stereocenters. The number of likely N-dealkylation sites (tertiary alicyclic amines) is 1. The number of carbonyl (C=O) groups is 1. The highest BCUT2D eigenvalue weighted by atomic mass is 127. The molecule has 1 heterocycles. The van der Waals surface area contributed by atoms with Crippen molar-refractivity contribution in [3.8, 4) is 0 Å². The molecular weight excluding hydrogens is 541 g/mol. The molecule has 2 fully saturated rings. The summed E-state index contributed by atoms with van der Waals surface area (Å²) in [4.78, 5) is 19.6. The predicted molar refractivity (Wildman–Crippen MR) is 138 cm³/mol. The van der Waals surface area contributed by atoms with Crippen molar-refractivity contribution < 1.29 is 13.2 Å². The third kappa shape index (κ3) is 6.80. The fourth-order valence-electron chi connectivity index (χ4n) is 4.17. The Hall–Kier alpha value is -1.40. The van der Waals surface area contributed by atoms with Gasteiger partial charge in [0, 0.05) is 45.7 Å². The summed E-state index contributed by atoms with van der Waals surface area (Å²) in [5.74, 6) is 1.25. The maximum Gasteiger partial charge on any atom is 0.242 e. The van der Waals surface area contributed by atoms with Gasteiger partial charge in [0.1, 0.15) is 0 Å². The van der Waals surface area contributed by atoms with E-state index in [0.717, 1.165) is 44.5 Å². The lowest BCUT2D eigenvalue weighted by Crippen LogP contribution is -2.45. The summed E-state index contributed by atoms with van der Waals surface area (Å²) in [6.45, 7) is 4.71. The SMILES string of the molecule is CCNC(=NCc1ccc(S(=O)(=O)N(C)C)cc1)NC1CCN(C(=O)C2CCCC2)C1.I. The van der Waals surface area contributed by atoms with Crippen molar-refractivity contribution in [3.63, 3.8) is 0 Å². The minimum atomic E-state index is -3.43. The van der Waals surface area contributed by atoms with E-state index in [0.29, 0.717) is 18.4 Å². The van der Waals surface area contributed by atoms with Crippen LogP contribution in [0.5, 0.6) is 0 Å². The number of aliphatic imine (C=N–C) groups is 1. The summed E-state index contributed by atoms with van der Waals surface area (Å²) in [7, 11) is -0.385. The quantitative estimate of drug-likeness (QED) is 0.295. The average molecular weight is 578 g/mol. The van der Waals surface area contributed by atoms with Crippen molar-refractivity contribution >= 4 is 45.9 Å². The number of guanidine groups is 1. The smallest absolute Gasteiger partial charge is 0.242 e. The van der Waals surface area contributed by atoms with Crippen molar-refractivity contribution in [2.75, 3.05) is 33.7 Å². The summed E-state index contributed by atoms with van der Waals surface area (Å²) in [6.07, 6.45) is 5.33. The Labute approximate surface area is 209 Å². The van der Waals surface area contributed by atoms with Crippen molar-refractivity contribution in [2.24, 2.45) is 10.9 Å². The van der Waals surface area contributed by atoms with Gasteiger partial charge in [-0.25, -0.2) is 17.7 Å². The predicted octanol–water partition coefficient (Wildman–Crippen LogP) is 2.40. The number of sulfonamides is 1. The van der Waals surface area contributed by atoms with Crippen molar-refractivity contribution in [3.05, 3.63) is 29.8 Å². The van der Waals surface area contributed by atoms with Crippen LogP contribution in [-0.4, -0.2) is 69.3 Å². The summed E-state index contributed by atoms with van der Waals surface area (Å²) >= 11 is 0. The third-order valence-corrected chi connectivity index (χ3v) is 7.84. The van der Waals surface area contributed by atoms with E-state index in [1.807, 2.05) is 11.8 Å². The first-order chi connectivity index (χ1) is 14.8. The van der Waals surface area contributed by atoms with Crippen LogP contribution in [0.4, 0.5) is 0 Å². The molecule has 1 atom stereocenters. The molecule has 1 aromatic rings. The van der Waals surface area contributed by atoms with Crippen LogP contribution in [0.1, 0.15) is 44.6 Å². The van der Waals surface area contributed by atoms with Crippen LogP contribution in [0.15, 0.2) is 34.2 Å². The molecular formula is C22H36IN5O3S. The molecule has 32 heavy (non-hydrogen) atoms. The van der Waals surface area contributed by atoms with Gasteiger partial charge in [-0.3, -0.25) is 4.79 Å². The molecule has 0 radical (unpaired) electrons. The van der Waals surface area contributed by atoms with E-state index in [1.165, 1.54) is 31.2 Å². The topological polar surface area (TPSA) is 94.1 Å². The second kappa shape index (κ2) is 12.2. The largest absolute Gasteiger partial charge is 0.357 e. The van der Waals surface area contributed by atoms with E-state index in [2.05, 4.69) is 15.6 Å². The van der Waals surface area contributed by atoms with Gasteiger partial charge >= 0.3 is 0 Å². The number of halogens is 1. The minimum absolute atomic E-state index is 0. The summed E-state index contributed by atoms with van der Waals surface area (Å²) in [6, 6.07) is 7.01. The van der Waals surface area contributed by atoms with E-state index in [1.54, 1.807) is 24.3 Å². The van der Waals surface area contributed by atoms with Crippen LogP contribution < -0.4 is 10.6 Å². The normalized spacial score (nSPS) is 19.8. The molecule has 180 valence electrons. The van der Waals surface area contributed by atoms with Crippen molar-refractivity contribution in [1.82, 2.24) is 19.8 Å². The van der Waals surface area contributed by atoms with Crippen LogP contribution in [0.2, 0.25) is 0 Å². The lowest BCUT2D eigenvalue weighted by Gasteiger charge is -2.21. The first kappa shape index (κ1) is 26.8. The van der Waals surface area contributed by atoms with Gasteiger partial charge < -0.3 is 15.5 Å². The maximum absolute atomic E-state index is 12.7. The molecule has 1 aliphatic carbocycles. The highest BCUT2D eigenvalue weighted by Crippen LogP contribution is 2.27. The molecule has 2 aliphatic rings. The van der Waals surface area contributed by atoms with E-state index in [9.17, 15) is 13.2 Å². The summed E-state index contributed by atoms with van der Waals surface area (Å²) in [5.41, 5.74) is 0.930. The van der Waals surface area contributed by atoms with Crippen LogP contribution in [0.25, 0.3) is 0 Å². The first-order valence-corrected chi connectivity index (χ1v) is 12.6. The minimum Gasteiger partial charge on any atom is -0.357 e. The molecule has 10 heteroatoms. The van der Waals surface area contributed by atoms with E-state index < -0.39 is 10.0 Å². The Balaban J connectivity index is 0.00000363. The molecule has 0 spiro atoms. The number of benzene rings is 1. The van der Waals surface area contributed by atoms with Crippen LogP contribution in [0, 0.1) is 5.92 Å². The van der Waals surface area contributed by atoms with Gasteiger partial charge in [0.2, 0.25) is 15.9 Å². The number of carbonyl (C=O) groups excluding carboxylic acids is 1. The lowest BCUT2D eigenvalue weighted by molar-refractivity contribution is -0.134. The van der Waals surface area contributed by atoms with Crippen LogP contribution in [0.3, 0.4) is 0 Å².